The van der Waals surface area contributed by atoms with Crippen LogP contribution < -0.4 is 0 Å². The van der Waals surface area contributed by atoms with Crippen LogP contribution in [0.2, 0.25) is 0 Å². The second-order valence-electron chi connectivity index (χ2n) is 5.10. The minimum Gasteiger partial charge on any atom is -0.396 e. The predicted molar refractivity (Wildman–Crippen MR) is 77.4 cm³/mol. The number of hydrogen-bond donors (Lipinski definition) is 2. The summed E-state index contributed by atoms with van der Waals surface area (Å²) in [5.74, 6) is -0.108. The minimum atomic E-state index is -3.55. The first-order valence-electron chi connectivity index (χ1n) is 7.02. The van der Waals surface area contributed by atoms with Gasteiger partial charge < -0.3 is 15.0 Å². The van der Waals surface area contributed by atoms with Gasteiger partial charge in [-0.15, -0.1) is 0 Å². The van der Waals surface area contributed by atoms with Crippen LogP contribution in [-0.4, -0.2) is 66.4 Å². The molecule has 0 saturated carbocycles. The van der Waals surface area contributed by atoms with Gasteiger partial charge in [0.1, 0.15) is 10.6 Å². The summed E-state index contributed by atoms with van der Waals surface area (Å²) in [6, 6.07) is 1.38. The van der Waals surface area contributed by atoms with E-state index in [9.17, 15) is 13.2 Å². The summed E-state index contributed by atoms with van der Waals surface area (Å²) in [6.45, 7) is 5.40. The van der Waals surface area contributed by atoms with E-state index in [-0.39, 0.29) is 29.0 Å². The standard InChI is InChI=1S/C13H21N3O4S/c1-3-16(4-2)21(19,20)11-5-12(14-6-11)13(18)15-7-10(8-15)9-17/h5-6,10,14,17H,3-4,7-9H2,1-2H3. The van der Waals surface area contributed by atoms with Gasteiger partial charge in [-0.05, 0) is 6.07 Å². The van der Waals surface area contributed by atoms with Crippen LogP contribution in [0.25, 0.3) is 0 Å². The van der Waals surface area contributed by atoms with Crippen molar-refractivity contribution in [2.45, 2.75) is 18.7 Å². The molecule has 1 aliphatic heterocycles. The zero-order valence-corrected chi connectivity index (χ0v) is 13.1. The van der Waals surface area contributed by atoms with Gasteiger partial charge in [0.25, 0.3) is 5.91 Å². The Labute approximate surface area is 124 Å². The van der Waals surface area contributed by atoms with Crippen LogP contribution in [0.4, 0.5) is 0 Å². The smallest absolute Gasteiger partial charge is 0.270 e. The number of carbonyl (C=O) groups excluding carboxylic acids is 1. The first-order valence-corrected chi connectivity index (χ1v) is 8.46. The average Bonchev–Trinajstić information content (AvgIpc) is 2.88. The summed E-state index contributed by atoms with van der Waals surface area (Å²) in [6.07, 6.45) is 1.35. The molecule has 0 aliphatic carbocycles. The lowest BCUT2D eigenvalue weighted by molar-refractivity contribution is 0.0357. The Morgan fingerprint density at radius 1 is 1.43 bits per heavy atom. The highest BCUT2D eigenvalue weighted by atomic mass is 32.2. The molecular formula is C13H21N3O4S. The van der Waals surface area contributed by atoms with E-state index in [1.807, 2.05) is 0 Å². The maximum atomic E-state index is 12.3. The number of likely N-dealkylation sites (tertiary alicyclic amines) is 1. The summed E-state index contributed by atoms with van der Waals surface area (Å²) in [5, 5.41) is 8.95. The highest BCUT2D eigenvalue weighted by Gasteiger charge is 2.32. The molecule has 1 aromatic heterocycles. The van der Waals surface area contributed by atoms with Crippen molar-refractivity contribution in [3.8, 4) is 0 Å². The van der Waals surface area contributed by atoms with E-state index in [0.29, 0.717) is 26.2 Å². The Morgan fingerprint density at radius 3 is 2.57 bits per heavy atom. The molecule has 0 atom stereocenters. The van der Waals surface area contributed by atoms with Gasteiger partial charge in [0, 0.05) is 44.9 Å². The number of nitrogens with zero attached hydrogens (tertiary/aromatic N) is 2. The number of rotatable bonds is 6. The van der Waals surface area contributed by atoms with Crippen molar-refractivity contribution >= 4 is 15.9 Å². The molecule has 0 spiro atoms. The monoisotopic (exact) mass is 315 g/mol. The van der Waals surface area contributed by atoms with Crippen molar-refractivity contribution < 1.29 is 18.3 Å². The maximum Gasteiger partial charge on any atom is 0.270 e. The Bertz CT molecular complexity index is 601. The molecule has 1 saturated heterocycles. The molecule has 0 radical (unpaired) electrons. The van der Waals surface area contributed by atoms with Gasteiger partial charge in [-0.3, -0.25) is 4.79 Å². The molecule has 1 fully saturated rings. The molecular weight excluding hydrogens is 294 g/mol. The minimum absolute atomic E-state index is 0.0656. The number of amides is 1. The lowest BCUT2D eigenvalue weighted by atomic mass is 10.0. The van der Waals surface area contributed by atoms with Crippen molar-refractivity contribution in [3.05, 3.63) is 18.0 Å². The third-order valence-corrected chi connectivity index (χ3v) is 5.76. The maximum absolute atomic E-state index is 12.3. The largest absolute Gasteiger partial charge is 0.396 e. The zero-order valence-electron chi connectivity index (χ0n) is 12.2. The molecule has 1 amide bonds. The molecule has 2 rings (SSSR count). The van der Waals surface area contributed by atoms with Gasteiger partial charge in [-0.1, -0.05) is 13.8 Å². The molecule has 0 unspecified atom stereocenters. The number of aromatic nitrogens is 1. The lowest BCUT2D eigenvalue weighted by Gasteiger charge is -2.37. The van der Waals surface area contributed by atoms with Crippen molar-refractivity contribution in [1.82, 2.24) is 14.2 Å². The quantitative estimate of drug-likeness (QED) is 0.779. The van der Waals surface area contributed by atoms with Crippen LogP contribution >= 0.6 is 0 Å². The molecule has 0 aromatic carbocycles. The highest BCUT2D eigenvalue weighted by molar-refractivity contribution is 7.89. The van der Waals surface area contributed by atoms with Crippen LogP contribution in [0.3, 0.4) is 0 Å². The van der Waals surface area contributed by atoms with Crippen LogP contribution in [0, 0.1) is 5.92 Å². The molecule has 8 heteroatoms. The lowest BCUT2D eigenvalue weighted by Crippen LogP contribution is -2.51. The summed E-state index contributed by atoms with van der Waals surface area (Å²) in [4.78, 5) is 16.6. The van der Waals surface area contributed by atoms with E-state index >= 15 is 0 Å². The van der Waals surface area contributed by atoms with E-state index in [1.165, 1.54) is 16.6 Å². The summed E-state index contributed by atoms with van der Waals surface area (Å²) < 4.78 is 26.0. The van der Waals surface area contributed by atoms with Gasteiger partial charge >= 0.3 is 0 Å². The van der Waals surface area contributed by atoms with E-state index in [2.05, 4.69) is 4.98 Å². The molecule has 2 N–H and O–H groups in total. The van der Waals surface area contributed by atoms with Gasteiger partial charge in [-0.25, -0.2) is 8.42 Å². The van der Waals surface area contributed by atoms with Gasteiger partial charge in [-0.2, -0.15) is 4.31 Å². The van der Waals surface area contributed by atoms with E-state index in [0.717, 1.165) is 0 Å². The Morgan fingerprint density at radius 2 is 2.05 bits per heavy atom. The summed E-state index contributed by atoms with van der Waals surface area (Å²) >= 11 is 0. The summed E-state index contributed by atoms with van der Waals surface area (Å²) in [5.41, 5.74) is 0.261. The Balaban J connectivity index is 2.13. The molecule has 21 heavy (non-hydrogen) atoms. The van der Waals surface area contributed by atoms with Crippen molar-refractivity contribution in [2.75, 3.05) is 32.8 Å². The van der Waals surface area contributed by atoms with Gasteiger partial charge in [0.2, 0.25) is 10.0 Å². The molecule has 118 valence electrons. The number of H-pyrrole nitrogens is 1. The van der Waals surface area contributed by atoms with Crippen LogP contribution in [0.1, 0.15) is 24.3 Å². The molecule has 1 aliphatic rings. The normalized spacial score (nSPS) is 16.3. The SMILES string of the molecule is CCN(CC)S(=O)(=O)c1c[nH]c(C(=O)N2CC(CO)C2)c1. The molecule has 0 bridgehead atoms. The fourth-order valence-electron chi connectivity index (χ4n) is 2.38. The van der Waals surface area contributed by atoms with E-state index in [4.69, 9.17) is 5.11 Å². The first-order chi connectivity index (χ1) is 9.93. The molecule has 1 aromatic rings. The predicted octanol–water partition coefficient (Wildman–Crippen LogP) is 0.110. The van der Waals surface area contributed by atoms with Crippen molar-refractivity contribution in [2.24, 2.45) is 5.92 Å². The Kier molecular flexibility index (Phi) is 4.70. The number of hydrogen-bond acceptors (Lipinski definition) is 4. The van der Waals surface area contributed by atoms with E-state index < -0.39 is 10.0 Å². The summed E-state index contributed by atoms with van der Waals surface area (Å²) in [7, 11) is -3.55. The number of carbonyl (C=O) groups is 1. The second-order valence-corrected chi connectivity index (χ2v) is 7.04. The van der Waals surface area contributed by atoms with Crippen LogP contribution in [0.5, 0.6) is 0 Å². The van der Waals surface area contributed by atoms with Crippen molar-refractivity contribution in [3.63, 3.8) is 0 Å². The molecule has 2 heterocycles. The highest BCUT2D eigenvalue weighted by Crippen LogP contribution is 2.21. The topological polar surface area (TPSA) is 93.7 Å². The second kappa shape index (κ2) is 6.17. The number of aliphatic hydroxyl groups is 1. The first kappa shape index (κ1) is 16.0. The number of aliphatic hydroxyl groups excluding tert-OH is 1. The zero-order chi connectivity index (χ0) is 15.6. The van der Waals surface area contributed by atoms with Crippen LogP contribution in [-0.2, 0) is 10.0 Å². The van der Waals surface area contributed by atoms with Gasteiger partial charge in [0.05, 0.1) is 0 Å². The number of nitrogens with one attached hydrogen (secondary N) is 1. The number of aromatic amines is 1. The fraction of sp³-hybridized carbons (Fsp3) is 0.615. The van der Waals surface area contributed by atoms with Gasteiger partial charge in [0.15, 0.2) is 0 Å². The third kappa shape index (κ3) is 2.97. The molecule has 7 nitrogen and oxygen atoms in total. The van der Waals surface area contributed by atoms with Crippen LogP contribution in [0.15, 0.2) is 17.2 Å². The Hall–Kier alpha value is -1.38. The fourth-order valence-corrected chi connectivity index (χ4v) is 3.83. The van der Waals surface area contributed by atoms with Crippen molar-refractivity contribution in [1.29, 1.82) is 0 Å². The van der Waals surface area contributed by atoms with E-state index in [1.54, 1.807) is 18.7 Å². The average molecular weight is 315 g/mol. The number of sulfonamides is 1. The third-order valence-electron chi connectivity index (χ3n) is 3.73.